The van der Waals surface area contributed by atoms with Crippen molar-refractivity contribution in [1.29, 1.82) is 0 Å². The third kappa shape index (κ3) is 2.63. The van der Waals surface area contributed by atoms with Gasteiger partial charge in [-0.3, -0.25) is 4.79 Å². The minimum absolute atomic E-state index is 0.00562. The van der Waals surface area contributed by atoms with Crippen LogP contribution in [0.4, 0.5) is 0 Å². The van der Waals surface area contributed by atoms with Crippen molar-refractivity contribution < 1.29 is 9.22 Å². The van der Waals surface area contributed by atoms with E-state index in [1.54, 1.807) is 0 Å². The van der Waals surface area contributed by atoms with E-state index in [1.165, 1.54) is 31.4 Å². The first-order valence-corrected chi connectivity index (χ1v) is 7.70. The second-order valence-corrected chi connectivity index (χ2v) is 7.94. The predicted octanol–water partition coefficient (Wildman–Crippen LogP) is 2.70. The Hall–Kier alpha value is -0.313. The summed E-state index contributed by atoms with van der Waals surface area (Å²) in [6.07, 6.45) is 4.38. The Morgan fingerprint density at radius 3 is 2.42 bits per heavy atom. The van der Waals surface area contributed by atoms with E-state index >= 15 is 0 Å². The van der Waals surface area contributed by atoms with Crippen molar-refractivity contribution in [2.75, 3.05) is 0 Å². The fourth-order valence-corrected chi connectivity index (χ4v) is 4.89. The number of carbonyl (C=O) groups excluding carboxylic acids is 1. The highest BCUT2D eigenvalue weighted by atomic mass is 28.4. The molecular weight excluding hydrogens is 168 g/mol. The maximum absolute atomic E-state index is 11.1. The van der Waals surface area contributed by atoms with E-state index in [9.17, 15) is 4.79 Å². The summed E-state index contributed by atoms with van der Waals surface area (Å²) in [7, 11) is -1.57. The highest BCUT2D eigenvalue weighted by molar-refractivity contribution is 6.74. The van der Waals surface area contributed by atoms with Crippen LogP contribution in [0.15, 0.2) is 0 Å². The van der Waals surface area contributed by atoms with Gasteiger partial charge in [0.1, 0.15) is 0 Å². The summed E-state index contributed by atoms with van der Waals surface area (Å²) in [5.41, 5.74) is 0. The molecule has 0 saturated carbocycles. The van der Waals surface area contributed by atoms with Crippen molar-refractivity contribution in [2.45, 2.75) is 51.2 Å². The Bertz CT molecular complexity index is 162. The zero-order valence-electron chi connectivity index (χ0n) is 8.06. The van der Waals surface area contributed by atoms with Crippen LogP contribution in [0.3, 0.4) is 0 Å². The van der Waals surface area contributed by atoms with Gasteiger partial charge in [0.15, 0.2) is 0 Å². The van der Waals surface area contributed by atoms with Crippen molar-refractivity contribution in [3.05, 3.63) is 0 Å². The van der Waals surface area contributed by atoms with Crippen LogP contribution in [0, 0.1) is 0 Å². The van der Waals surface area contributed by atoms with E-state index in [-0.39, 0.29) is 5.97 Å². The zero-order chi connectivity index (χ0) is 9.03. The number of hydrogen-bond acceptors (Lipinski definition) is 2. The van der Waals surface area contributed by atoms with Gasteiger partial charge in [-0.15, -0.1) is 0 Å². The highest BCUT2D eigenvalue weighted by Gasteiger charge is 2.33. The quantitative estimate of drug-likeness (QED) is 0.620. The monoisotopic (exact) mass is 186 g/mol. The zero-order valence-corrected chi connectivity index (χ0v) is 9.06. The molecule has 0 N–H and O–H groups in total. The summed E-state index contributed by atoms with van der Waals surface area (Å²) in [4.78, 5) is 11.1. The van der Waals surface area contributed by atoms with Gasteiger partial charge in [-0.25, -0.2) is 0 Å². The lowest BCUT2D eigenvalue weighted by molar-refractivity contribution is -0.134. The Kier molecular flexibility index (Phi) is 3.32. The van der Waals surface area contributed by atoms with Gasteiger partial charge in [-0.05, 0) is 18.6 Å². The number of hydrogen-bond donors (Lipinski definition) is 0. The molecule has 3 heteroatoms. The standard InChI is InChI=1S/C9H18O2Si/c1-3-9(10)11-12(2)7-5-4-6-8-12/h3-8H2,1-2H3. The average Bonchev–Trinajstić information content (AvgIpc) is 2.05. The molecular formula is C9H18O2Si. The summed E-state index contributed by atoms with van der Waals surface area (Å²) < 4.78 is 5.53. The second kappa shape index (κ2) is 4.08. The molecule has 0 atom stereocenters. The average molecular weight is 186 g/mol. The molecule has 1 fully saturated rings. The van der Waals surface area contributed by atoms with Crippen LogP contribution in [-0.4, -0.2) is 14.3 Å². The smallest absolute Gasteiger partial charge is 0.292 e. The molecule has 1 rings (SSSR count). The van der Waals surface area contributed by atoms with Crippen molar-refractivity contribution in [1.82, 2.24) is 0 Å². The second-order valence-electron chi connectivity index (χ2n) is 3.84. The molecule has 12 heavy (non-hydrogen) atoms. The maximum Gasteiger partial charge on any atom is 0.292 e. The van der Waals surface area contributed by atoms with E-state index in [0.717, 1.165) is 0 Å². The molecule has 1 aliphatic rings. The van der Waals surface area contributed by atoms with Crippen LogP contribution in [0.25, 0.3) is 0 Å². The molecule has 0 aromatic carbocycles. The van der Waals surface area contributed by atoms with E-state index < -0.39 is 8.32 Å². The third-order valence-electron chi connectivity index (χ3n) is 2.56. The molecule has 0 aromatic heterocycles. The summed E-state index contributed by atoms with van der Waals surface area (Å²) >= 11 is 0. The first-order valence-electron chi connectivity index (χ1n) is 4.88. The maximum atomic E-state index is 11.1. The van der Waals surface area contributed by atoms with Crippen LogP contribution in [-0.2, 0) is 9.22 Å². The molecule has 0 radical (unpaired) electrons. The molecule has 0 aliphatic carbocycles. The number of rotatable bonds is 2. The Labute approximate surface area is 75.4 Å². The summed E-state index contributed by atoms with van der Waals surface area (Å²) in [6.45, 7) is 4.06. The molecule has 1 aliphatic heterocycles. The lowest BCUT2D eigenvalue weighted by atomic mass is 10.3. The Morgan fingerprint density at radius 2 is 1.92 bits per heavy atom. The molecule has 1 saturated heterocycles. The molecule has 1 heterocycles. The molecule has 2 nitrogen and oxygen atoms in total. The molecule has 0 unspecified atom stereocenters. The van der Waals surface area contributed by atoms with Gasteiger partial charge < -0.3 is 4.43 Å². The summed E-state index contributed by atoms with van der Waals surface area (Å²) in [5, 5.41) is 0. The van der Waals surface area contributed by atoms with Gasteiger partial charge in [-0.1, -0.05) is 26.2 Å². The first kappa shape index (κ1) is 9.77. The van der Waals surface area contributed by atoms with Crippen molar-refractivity contribution in [3.8, 4) is 0 Å². The van der Waals surface area contributed by atoms with Crippen molar-refractivity contribution in [2.24, 2.45) is 0 Å². The molecule has 0 spiro atoms. The van der Waals surface area contributed by atoms with Crippen LogP contribution >= 0.6 is 0 Å². The van der Waals surface area contributed by atoms with E-state index in [1.807, 2.05) is 6.92 Å². The predicted molar refractivity (Wildman–Crippen MR) is 51.5 cm³/mol. The normalized spacial score (nSPS) is 21.8. The van der Waals surface area contributed by atoms with Gasteiger partial charge >= 0.3 is 0 Å². The van der Waals surface area contributed by atoms with Crippen LogP contribution in [0.5, 0.6) is 0 Å². The van der Waals surface area contributed by atoms with Gasteiger partial charge in [0, 0.05) is 6.42 Å². The fourth-order valence-electron chi connectivity index (χ4n) is 1.75. The summed E-state index contributed by atoms with van der Waals surface area (Å²) in [6, 6.07) is 2.36. The fraction of sp³-hybridized carbons (Fsp3) is 0.889. The van der Waals surface area contributed by atoms with E-state index in [2.05, 4.69) is 6.55 Å². The van der Waals surface area contributed by atoms with Crippen molar-refractivity contribution in [3.63, 3.8) is 0 Å². The first-order chi connectivity index (χ1) is 5.66. The van der Waals surface area contributed by atoms with Gasteiger partial charge in [0.2, 0.25) is 0 Å². The van der Waals surface area contributed by atoms with Crippen LogP contribution in [0.2, 0.25) is 18.6 Å². The summed E-state index contributed by atoms with van der Waals surface area (Å²) in [5.74, 6) is 0.00562. The van der Waals surface area contributed by atoms with Crippen molar-refractivity contribution >= 4 is 14.3 Å². The topological polar surface area (TPSA) is 26.3 Å². The van der Waals surface area contributed by atoms with E-state index in [0.29, 0.717) is 6.42 Å². The largest absolute Gasteiger partial charge is 0.519 e. The van der Waals surface area contributed by atoms with Gasteiger partial charge in [0.25, 0.3) is 14.3 Å². The van der Waals surface area contributed by atoms with Gasteiger partial charge in [-0.2, -0.15) is 0 Å². The Balaban J connectivity index is 2.41. The SMILES string of the molecule is CCC(=O)O[Si]1(C)CCCCC1. The Morgan fingerprint density at radius 1 is 1.33 bits per heavy atom. The third-order valence-corrected chi connectivity index (χ3v) is 6.10. The van der Waals surface area contributed by atoms with Gasteiger partial charge in [0.05, 0.1) is 0 Å². The molecule has 70 valence electrons. The van der Waals surface area contributed by atoms with Crippen LogP contribution in [0.1, 0.15) is 32.6 Å². The van der Waals surface area contributed by atoms with Crippen LogP contribution < -0.4 is 0 Å². The van der Waals surface area contributed by atoms with E-state index in [4.69, 9.17) is 4.43 Å². The minimum atomic E-state index is -1.57. The highest BCUT2D eigenvalue weighted by Crippen LogP contribution is 2.29. The number of carbonyl (C=O) groups is 1. The molecule has 0 aromatic rings. The molecule has 0 bridgehead atoms. The lowest BCUT2D eigenvalue weighted by Crippen LogP contribution is -2.38. The minimum Gasteiger partial charge on any atom is -0.519 e. The lowest BCUT2D eigenvalue weighted by Gasteiger charge is -2.30. The molecule has 0 amide bonds.